The highest BCUT2D eigenvalue weighted by Gasteiger charge is 2.41. The predicted molar refractivity (Wildman–Crippen MR) is 106 cm³/mol. The van der Waals surface area contributed by atoms with Crippen LogP contribution in [0.5, 0.6) is 0 Å². The molecule has 0 heterocycles. The summed E-state index contributed by atoms with van der Waals surface area (Å²) < 4.78 is -0.0856. The minimum atomic E-state index is -0.0745. The minimum absolute atomic E-state index is 0.0634. The van der Waals surface area contributed by atoms with Gasteiger partial charge in [-0.3, -0.25) is 9.59 Å². The van der Waals surface area contributed by atoms with Crippen LogP contribution in [0.25, 0.3) is 0 Å². The molecule has 0 aromatic carbocycles. The van der Waals surface area contributed by atoms with Crippen LogP contribution < -0.4 is 0 Å². The largest absolute Gasteiger partial charge is 0.300 e. The maximum absolute atomic E-state index is 11.6. The van der Waals surface area contributed by atoms with E-state index in [1.54, 1.807) is 13.8 Å². The quantitative estimate of drug-likeness (QED) is 0.384. The van der Waals surface area contributed by atoms with Crippen LogP contribution in [0.2, 0.25) is 0 Å². The normalized spacial score (nSPS) is 13.2. The minimum Gasteiger partial charge on any atom is -0.300 e. The predicted octanol–water partition coefficient (Wildman–Crippen LogP) is 6.26. The molecule has 0 bridgehead atoms. The van der Waals surface area contributed by atoms with E-state index < -0.39 is 0 Å². The van der Waals surface area contributed by atoms with Crippen molar-refractivity contribution in [2.75, 3.05) is 0 Å². The highest BCUT2D eigenvalue weighted by molar-refractivity contribution is 8.19. The second-order valence-electron chi connectivity index (χ2n) is 7.85. The van der Waals surface area contributed by atoms with Gasteiger partial charge in [-0.15, -0.1) is 23.5 Å². The second-order valence-corrected chi connectivity index (χ2v) is 12.3. The average molecular weight is 361 g/mol. The molecule has 0 amide bonds. The molecule has 0 fully saturated rings. The number of hydrogen-bond donors (Lipinski definition) is 0. The summed E-state index contributed by atoms with van der Waals surface area (Å²) in [5, 5.41) is 0. The molecule has 0 saturated heterocycles. The van der Waals surface area contributed by atoms with Gasteiger partial charge in [0.2, 0.25) is 0 Å². The van der Waals surface area contributed by atoms with Crippen LogP contribution in [0.1, 0.15) is 93.9 Å². The molecular formula is C19H36O2S2. The first-order valence-corrected chi connectivity index (χ1v) is 10.4. The van der Waals surface area contributed by atoms with Crippen LogP contribution >= 0.6 is 23.5 Å². The number of carbonyl (C=O) groups excluding carboxylic acids is 2. The molecule has 0 unspecified atom stereocenters. The van der Waals surface area contributed by atoms with E-state index in [2.05, 4.69) is 41.5 Å². The molecule has 0 saturated carbocycles. The molecule has 0 aromatic heterocycles. The molecule has 0 aliphatic heterocycles. The Bertz CT molecular complexity index is 370. The Labute approximate surface area is 152 Å². The Balaban J connectivity index is 5.37. The van der Waals surface area contributed by atoms with E-state index in [1.807, 2.05) is 23.5 Å². The number of carbonyl (C=O) groups is 2. The van der Waals surface area contributed by atoms with Gasteiger partial charge in [0.1, 0.15) is 11.6 Å². The van der Waals surface area contributed by atoms with E-state index in [0.717, 1.165) is 12.8 Å². The number of ketones is 2. The summed E-state index contributed by atoms with van der Waals surface area (Å²) in [4.78, 5) is 23.2. The fourth-order valence-corrected chi connectivity index (χ4v) is 8.04. The first kappa shape index (κ1) is 23.0. The molecule has 0 atom stereocenters. The lowest BCUT2D eigenvalue weighted by molar-refractivity contribution is -0.118. The molecule has 136 valence electrons. The SMILES string of the molecule is CCCCC(CC)(SC(C)(C)CC(C)=O)SC(C)(C)CC(C)=O. The monoisotopic (exact) mass is 360 g/mol. The Morgan fingerprint density at radius 3 is 1.48 bits per heavy atom. The Morgan fingerprint density at radius 2 is 1.22 bits per heavy atom. The Morgan fingerprint density at radius 1 is 0.826 bits per heavy atom. The van der Waals surface area contributed by atoms with E-state index in [0.29, 0.717) is 12.8 Å². The molecular weight excluding hydrogens is 324 g/mol. The molecule has 0 aliphatic carbocycles. The molecule has 0 radical (unpaired) electrons. The molecule has 4 heteroatoms. The summed E-state index contributed by atoms with van der Waals surface area (Å²) in [6.45, 7) is 16.5. The number of thioether (sulfide) groups is 2. The Kier molecular flexibility index (Phi) is 9.52. The van der Waals surface area contributed by atoms with E-state index in [4.69, 9.17) is 0 Å². The summed E-state index contributed by atoms with van der Waals surface area (Å²) in [7, 11) is 0. The number of rotatable bonds is 12. The standard InChI is InChI=1S/C19H36O2S2/c1-9-11-12-19(10-2,22-17(5,6)13-15(3)20)23-18(7,8)14-16(4)21/h9-14H2,1-8H3. The van der Waals surface area contributed by atoms with Crippen molar-refractivity contribution < 1.29 is 9.59 Å². The van der Waals surface area contributed by atoms with Gasteiger partial charge in [-0.1, -0.05) is 54.4 Å². The maximum atomic E-state index is 11.6. The van der Waals surface area contributed by atoms with Gasteiger partial charge in [-0.2, -0.15) is 0 Å². The third-order valence-electron chi connectivity index (χ3n) is 3.72. The zero-order valence-electron chi connectivity index (χ0n) is 16.4. The van der Waals surface area contributed by atoms with Crippen LogP contribution in [0.4, 0.5) is 0 Å². The van der Waals surface area contributed by atoms with Crippen molar-refractivity contribution in [3.05, 3.63) is 0 Å². The summed E-state index contributed by atoms with van der Waals surface area (Å²) in [6, 6.07) is 0. The first-order valence-electron chi connectivity index (χ1n) is 8.76. The van der Waals surface area contributed by atoms with Gasteiger partial charge < -0.3 is 0 Å². The number of Topliss-reactive ketones (excluding diaryl/α,β-unsaturated/α-hetero) is 2. The van der Waals surface area contributed by atoms with Crippen molar-refractivity contribution in [3.8, 4) is 0 Å². The molecule has 2 nitrogen and oxygen atoms in total. The average Bonchev–Trinajstić information content (AvgIpc) is 2.31. The molecule has 0 aromatic rings. The lowest BCUT2D eigenvalue weighted by Crippen LogP contribution is -2.35. The Hall–Kier alpha value is 0.0400. The van der Waals surface area contributed by atoms with Gasteiger partial charge in [-0.05, 0) is 26.7 Å². The lowest BCUT2D eigenvalue weighted by Gasteiger charge is -2.43. The van der Waals surface area contributed by atoms with Crippen molar-refractivity contribution in [3.63, 3.8) is 0 Å². The second kappa shape index (κ2) is 9.50. The maximum Gasteiger partial charge on any atom is 0.131 e. The molecule has 0 N–H and O–H groups in total. The smallest absolute Gasteiger partial charge is 0.131 e. The molecule has 0 rings (SSSR count). The van der Waals surface area contributed by atoms with E-state index >= 15 is 0 Å². The summed E-state index contributed by atoms with van der Waals surface area (Å²) >= 11 is 3.90. The van der Waals surface area contributed by atoms with Crippen LogP contribution in [-0.2, 0) is 9.59 Å². The van der Waals surface area contributed by atoms with Crippen molar-refractivity contribution >= 4 is 35.1 Å². The molecule has 0 aliphatic rings. The van der Waals surface area contributed by atoms with Gasteiger partial charge in [0.15, 0.2) is 0 Å². The van der Waals surface area contributed by atoms with E-state index in [-0.39, 0.29) is 25.1 Å². The van der Waals surface area contributed by atoms with Crippen LogP contribution in [-0.4, -0.2) is 25.1 Å². The summed E-state index contributed by atoms with van der Waals surface area (Å²) in [5.41, 5.74) is 0. The summed E-state index contributed by atoms with van der Waals surface area (Å²) in [5.74, 6) is 0.493. The summed E-state index contributed by atoms with van der Waals surface area (Å²) in [6.07, 6.45) is 5.71. The van der Waals surface area contributed by atoms with Crippen molar-refractivity contribution in [2.24, 2.45) is 0 Å². The fourth-order valence-electron chi connectivity index (χ4n) is 3.17. The van der Waals surface area contributed by atoms with Crippen LogP contribution in [0, 0.1) is 0 Å². The van der Waals surface area contributed by atoms with Crippen molar-refractivity contribution in [1.29, 1.82) is 0 Å². The van der Waals surface area contributed by atoms with Gasteiger partial charge in [0, 0.05) is 22.3 Å². The highest BCUT2D eigenvalue weighted by atomic mass is 32.2. The molecule has 23 heavy (non-hydrogen) atoms. The zero-order chi connectivity index (χ0) is 18.3. The number of unbranched alkanes of at least 4 members (excludes halogenated alkanes) is 1. The van der Waals surface area contributed by atoms with E-state index in [9.17, 15) is 9.59 Å². The van der Waals surface area contributed by atoms with Crippen LogP contribution in [0.3, 0.4) is 0 Å². The highest BCUT2D eigenvalue weighted by Crippen LogP contribution is 2.55. The first-order chi connectivity index (χ1) is 10.4. The molecule has 0 spiro atoms. The van der Waals surface area contributed by atoms with Gasteiger partial charge in [0.25, 0.3) is 0 Å². The van der Waals surface area contributed by atoms with Crippen molar-refractivity contribution in [1.82, 2.24) is 0 Å². The topological polar surface area (TPSA) is 34.1 Å². The lowest BCUT2D eigenvalue weighted by atomic mass is 10.1. The zero-order valence-corrected chi connectivity index (χ0v) is 18.0. The third-order valence-corrected chi connectivity index (χ3v) is 7.35. The third kappa shape index (κ3) is 9.81. The van der Waals surface area contributed by atoms with E-state index in [1.165, 1.54) is 12.8 Å². The number of hydrogen-bond acceptors (Lipinski definition) is 4. The van der Waals surface area contributed by atoms with Gasteiger partial charge in [-0.25, -0.2) is 0 Å². The van der Waals surface area contributed by atoms with Gasteiger partial charge in [0.05, 0.1) is 4.08 Å². The van der Waals surface area contributed by atoms with Crippen LogP contribution in [0.15, 0.2) is 0 Å². The van der Waals surface area contributed by atoms with Crippen molar-refractivity contribution in [2.45, 2.75) is 107 Å². The van der Waals surface area contributed by atoms with Gasteiger partial charge >= 0.3 is 0 Å². The fraction of sp³-hybridized carbons (Fsp3) is 0.895.